The van der Waals surface area contributed by atoms with E-state index in [-0.39, 0.29) is 59.6 Å². The number of nitrogens with zero attached hydrogens (tertiary/aromatic N) is 7. The van der Waals surface area contributed by atoms with Gasteiger partial charge in [-0.3, -0.25) is 14.4 Å². The smallest absolute Gasteiger partial charge is 0.353 e. The van der Waals surface area contributed by atoms with Gasteiger partial charge in [0, 0.05) is 47.3 Å². The van der Waals surface area contributed by atoms with Gasteiger partial charge in [0.15, 0.2) is 0 Å². The topological polar surface area (TPSA) is 212 Å². The number of likely N-dealkylation sites (tertiary alicyclic amines) is 1. The molecule has 3 fully saturated rings. The number of carboxylic acids is 1. The minimum absolute atomic E-state index is 0.00989. The van der Waals surface area contributed by atoms with Crippen molar-refractivity contribution in [1.29, 1.82) is 5.26 Å². The summed E-state index contributed by atoms with van der Waals surface area (Å²) in [4.78, 5) is 54.9. The van der Waals surface area contributed by atoms with Gasteiger partial charge < -0.3 is 31.3 Å². The molecule has 4 aliphatic heterocycles. The maximum Gasteiger partial charge on any atom is 0.353 e. The number of carbonyl (C=O) groups excluding carboxylic acids is 3. The number of thioether (sulfide) groups is 1. The summed E-state index contributed by atoms with van der Waals surface area (Å²) in [7, 11) is 0. The summed E-state index contributed by atoms with van der Waals surface area (Å²) in [5.74, 6) is -2.68. The molecule has 2 unspecified atom stereocenters. The highest BCUT2D eigenvalue weighted by Gasteiger charge is 2.60. The Morgan fingerprint density at radius 3 is 2.73 bits per heavy atom. The van der Waals surface area contributed by atoms with Crippen molar-refractivity contribution in [2.75, 3.05) is 19.6 Å². The number of amides is 3. The number of tetrazole rings is 1. The van der Waals surface area contributed by atoms with E-state index in [1.807, 2.05) is 6.92 Å². The third kappa shape index (κ3) is 5.53. The number of aliphatic carboxylic acids is 1. The zero-order valence-corrected chi connectivity index (χ0v) is 23.7. The van der Waals surface area contributed by atoms with E-state index in [2.05, 4.69) is 32.2 Å². The maximum atomic E-state index is 13.2. The minimum atomic E-state index is -1.17. The van der Waals surface area contributed by atoms with Crippen molar-refractivity contribution >= 4 is 35.5 Å². The van der Waals surface area contributed by atoms with Gasteiger partial charge in [0.25, 0.3) is 0 Å². The molecule has 0 bridgehead atoms. The average Bonchev–Trinajstić information content (AvgIpc) is 3.65. The third-order valence-electron chi connectivity index (χ3n) is 8.60. The lowest BCUT2D eigenvalue weighted by molar-refractivity contribution is -0.158. The summed E-state index contributed by atoms with van der Waals surface area (Å²) in [6.45, 7) is 5.08. The van der Waals surface area contributed by atoms with Crippen LogP contribution in [-0.4, -0.2) is 107 Å². The number of piperidine rings is 1. The zero-order valence-electron chi connectivity index (χ0n) is 22.9. The van der Waals surface area contributed by atoms with Crippen LogP contribution in [-0.2, 0) is 25.7 Å². The number of carbonyl (C=O) groups is 4. The van der Waals surface area contributed by atoms with E-state index in [0.717, 1.165) is 0 Å². The number of β-lactam (4-membered cyclic amide) rings is 1. The van der Waals surface area contributed by atoms with Gasteiger partial charge in [-0.1, -0.05) is 6.92 Å². The first-order chi connectivity index (χ1) is 19.5. The van der Waals surface area contributed by atoms with Crippen LogP contribution in [0.1, 0.15) is 39.5 Å². The highest BCUT2D eigenvalue weighted by molar-refractivity contribution is 8.03. The largest absolute Gasteiger partial charge is 0.477 e. The lowest BCUT2D eigenvalue weighted by Gasteiger charge is -2.47. The molecule has 0 radical (unpaired) electrons. The van der Waals surface area contributed by atoms with E-state index in [9.17, 15) is 24.3 Å². The predicted octanol–water partition coefficient (Wildman–Crippen LogP) is -1.35. The van der Waals surface area contributed by atoms with Gasteiger partial charge in [-0.15, -0.1) is 16.9 Å². The van der Waals surface area contributed by atoms with Crippen LogP contribution in [0.4, 0.5) is 0 Å². The van der Waals surface area contributed by atoms with Gasteiger partial charge in [0.2, 0.25) is 17.7 Å². The molecule has 0 aliphatic carbocycles. The van der Waals surface area contributed by atoms with Crippen molar-refractivity contribution in [3.8, 4) is 6.07 Å². The van der Waals surface area contributed by atoms with Crippen LogP contribution in [0.2, 0.25) is 0 Å². The summed E-state index contributed by atoms with van der Waals surface area (Å²) < 4.78 is 1.27. The zero-order chi connectivity index (χ0) is 29.5. The Balaban J connectivity index is 1.20. The number of nitriles is 1. The highest BCUT2D eigenvalue weighted by Crippen LogP contribution is 2.51. The van der Waals surface area contributed by atoms with Gasteiger partial charge in [0.1, 0.15) is 18.6 Å². The summed E-state index contributed by atoms with van der Waals surface area (Å²) in [5, 5.41) is 35.8. The summed E-state index contributed by atoms with van der Waals surface area (Å²) in [5.41, 5.74) is 5.71. The van der Waals surface area contributed by atoms with Gasteiger partial charge >= 0.3 is 5.97 Å². The Morgan fingerprint density at radius 2 is 2.10 bits per heavy atom. The molecule has 5 N–H and O–H groups in total. The quantitative estimate of drug-likeness (QED) is 0.247. The molecular weight excluding hydrogens is 552 g/mol. The first-order valence-corrected chi connectivity index (χ1v) is 14.6. The Morgan fingerprint density at radius 1 is 1.37 bits per heavy atom. The van der Waals surface area contributed by atoms with Crippen LogP contribution in [0.5, 0.6) is 0 Å². The second kappa shape index (κ2) is 11.4. The molecule has 3 amide bonds. The van der Waals surface area contributed by atoms with Crippen LogP contribution in [0.25, 0.3) is 0 Å². The van der Waals surface area contributed by atoms with E-state index >= 15 is 0 Å². The number of hydrogen-bond donors (Lipinski definition) is 4. The number of aromatic nitrogens is 4. The number of carboxylic acid groups (broad SMARTS) is 1. The SMILES string of the molecule is C[C@@H](NC(=O)Cn1cnnn1)[C@H]1C(=O)N2C(C(=O)O)=C(SC3CNC(C(=O)N4CCC(N)(CC#N)CC4)C3)[C@H](C)[C@H]12. The van der Waals surface area contributed by atoms with Crippen molar-refractivity contribution in [1.82, 2.24) is 40.6 Å². The molecule has 1 aromatic rings. The minimum Gasteiger partial charge on any atom is -0.477 e. The second-order valence-corrected chi connectivity index (χ2v) is 12.7. The number of nitrogens with two attached hydrogens (primary N) is 1. The van der Waals surface area contributed by atoms with Crippen molar-refractivity contribution in [2.24, 2.45) is 17.6 Å². The Labute approximate surface area is 240 Å². The van der Waals surface area contributed by atoms with E-state index in [1.54, 1.807) is 11.8 Å². The molecule has 5 rings (SSSR count). The van der Waals surface area contributed by atoms with E-state index in [0.29, 0.717) is 43.8 Å². The summed E-state index contributed by atoms with van der Waals surface area (Å²) in [6.07, 6.45) is 3.26. The fourth-order valence-corrected chi connectivity index (χ4v) is 7.85. The molecule has 15 nitrogen and oxygen atoms in total. The summed E-state index contributed by atoms with van der Waals surface area (Å²) >= 11 is 1.42. The Hall–Kier alpha value is -3.55. The molecule has 6 atom stereocenters. The lowest BCUT2D eigenvalue weighted by atomic mass is 9.78. The number of rotatable bonds is 9. The van der Waals surface area contributed by atoms with E-state index in [1.165, 1.54) is 27.7 Å². The van der Waals surface area contributed by atoms with Crippen LogP contribution >= 0.6 is 11.8 Å². The number of hydrogen-bond acceptors (Lipinski definition) is 11. The van der Waals surface area contributed by atoms with Crippen molar-refractivity contribution < 1.29 is 24.3 Å². The molecule has 220 valence electrons. The first-order valence-electron chi connectivity index (χ1n) is 13.7. The van der Waals surface area contributed by atoms with Crippen molar-refractivity contribution in [2.45, 2.75) is 75.0 Å². The molecule has 0 spiro atoms. The first kappa shape index (κ1) is 29.0. The van der Waals surface area contributed by atoms with Crippen LogP contribution in [0, 0.1) is 23.2 Å². The highest BCUT2D eigenvalue weighted by atomic mass is 32.2. The molecular formula is C25H34N10O5S. The van der Waals surface area contributed by atoms with Gasteiger partial charge in [-0.2, -0.15) is 5.26 Å². The third-order valence-corrected chi connectivity index (χ3v) is 10.1. The molecule has 4 aliphatic rings. The molecule has 3 saturated heterocycles. The van der Waals surface area contributed by atoms with Crippen molar-refractivity contribution in [3.63, 3.8) is 0 Å². The molecule has 16 heteroatoms. The molecule has 41 heavy (non-hydrogen) atoms. The molecule has 0 aromatic carbocycles. The fourth-order valence-electron chi connectivity index (χ4n) is 6.37. The average molecular weight is 587 g/mol. The summed E-state index contributed by atoms with van der Waals surface area (Å²) in [6, 6.07) is 0.839. The predicted molar refractivity (Wildman–Crippen MR) is 144 cm³/mol. The van der Waals surface area contributed by atoms with Crippen LogP contribution in [0.15, 0.2) is 16.9 Å². The molecule has 1 aromatic heterocycles. The van der Waals surface area contributed by atoms with Crippen molar-refractivity contribution in [3.05, 3.63) is 16.9 Å². The van der Waals surface area contributed by atoms with Gasteiger partial charge in [-0.25, -0.2) is 9.48 Å². The number of nitrogens with one attached hydrogen (secondary N) is 2. The van der Waals surface area contributed by atoms with Gasteiger partial charge in [-0.05, 0) is 36.6 Å². The standard InChI is InChI=1S/C25H34N10O5S/c1-13-19-18(14(2)30-17(36)11-34-12-29-31-32-34)23(38)35(19)20(24(39)40)21(13)41-15-9-16(28-10-15)22(37)33-7-4-25(27,3-6-26)5-8-33/h12-16,18-19,28H,3-5,7-11,27H2,1-2H3,(H,30,36)(H,39,40)/t13-,14-,15?,16?,18-,19-/m1/s1. The Kier molecular flexibility index (Phi) is 8.04. The van der Waals surface area contributed by atoms with E-state index < -0.39 is 23.5 Å². The Bertz CT molecular complexity index is 1290. The van der Waals surface area contributed by atoms with E-state index in [4.69, 9.17) is 11.0 Å². The lowest BCUT2D eigenvalue weighted by Crippen LogP contribution is -2.66. The van der Waals surface area contributed by atoms with Crippen LogP contribution < -0.4 is 16.4 Å². The van der Waals surface area contributed by atoms with Gasteiger partial charge in [0.05, 0.1) is 30.5 Å². The number of fused-ring (bicyclic) bond motifs is 1. The van der Waals surface area contributed by atoms with Crippen LogP contribution in [0.3, 0.4) is 0 Å². The normalized spacial score (nSPS) is 29.5. The maximum absolute atomic E-state index is 13.2. The second-order valence-electron chi connectivity index (χ2n) is 11.4. The monoisotopic (exact) mass is 586 g/mol. The molecule has 5 heterocycles. The fraction of sp³-hybridized carbons (Fsp3) is 0.680. The molecule has 0 saturated carbocycles.